The van der Waals surface area contributed by atoms with Crippen LogP contribution in [0.4, 0.5) is 0 Å². The van der Waals surface area contributed by atoms with Gasteiger partial charge in [0.25, 0.3) is 0 Å². The number of carbonyl (C=O) groups is 1. The fourth-order valence-corrected chi connectivity index (χ4v) is 3.35. The van der Waals surface area contributed by atoms with E-state index in [1.54, 1.807) is 6.07 Å². The molecule has 0 saturated heterocycles. The van der Waals surface area contributed by atoms with Crippen LogP contribution in [0.15, 0.2) is 30.5 Å². The molecule has 1 aliphatic rings. The second-order valence-corrected chi connectivity index (χ2v) is 7.96. The minimum Gasteiger partial charge on any atom is -0.366 e. The first-order chi connectivity index (χ1) is 11.8. The van der Waals surface area contributed by atoms with E-state index in [4.69, 9.17) is 10.7 Å². The zero-order valence-corrected chi connectivity index (χ0v) is 15.4. The van der Waals surface area contributed by atoms with Crippen molar-refractivity contribution in [1.29, 1.82) is 0 Å². The largest absolute Gasteiger partial charge is 0.366 e. The summed E-state index contributed by atoms with van der Waals surface area (Å²) in [6, 6.07) is 7.49. The number of rotatable bonds is 5. The molecule has 2 heterocycles. The van der Waals surface area contributed by atoms with Crippen LogP contribution in [0.3, 0.4) is 0 Å². The van der Waals surface area contributed by atoms with E-state index in [9.17, 15) is 4.79 Å². The zero-order chi connectivity index (χ0) is 18.0. The number of fused-ring (bicyclic) bond motifs is 1. The third kappa shape index (κ3) is 4.10. The molecule has 3 rings (SSSR count). The number of amides is 1. The van der Waals surface area contributed by atoms with Crippen molar-refractivity contribution in [3.63, 3.8) is 0 Å². The highest BCUT2D eigenvalue weighted by Gasteiger charge is 2.26. The number of benzene rings is 1. The second-order valence-electron chi connectivity index (χ2n) is 7.96. The van der Waals surface area contributed by atoms with E-state index in [1.165, 1.54) is 17.9 Å². The molecule has 1 amide bonds. The number of primary amides is 1. The molecule has 1 aliphatic heterocycles. The zero-order valence-electron chi connectivity index (χ0n) is 15.4. The predicted molar refractivity (Wildman–Crippen MR) is 99.6 cm³/mol. The Morgan fingerprint density at radius 2 is 2.20 bits per heavy atom. The molecule has 1 atom stereocenters. The average Bonchev–Trinajstić information content (AvgIpc) is 3.00. The summed E-state index contributed by atoms with van der Waals surface area (Å²) in [7, 11) is 0. The minimum atomic E-state index is -0.383. The fourth-order valence-electron chi connectivity index (χ4n) is 3.35. The molecule has 1 aromatic carbocycles. The molecule has 0 radical (unpaired) electrons. The molecule has 5 nitrogen and oxygen atoms in total. The number of aryl methyl sites for hydroxylation is 1. The standard InChI is InChI=1S/C20H28N4O/c1-20(2,3)17-13-24-9-5-8-16(19(24)23-17)12-22-11-14-6-4-7-15(10-14)18(21)25/h4,6-7,10,13,16,22H,5,8-9,11-12H2,1-3H3,(H2,21,25)/t16-/m0/s1. The highest BCUT2D eigenvalue weighted by Crippen LogP contribution is 2.30. The van der Waals surface area contributed by atoms with Crippen molar-refractivity contribution in [3.8, 4) is 0 Å². The maximum Gasteiger partial charge on any atom is 0.248 e. The first-order valence-corrected chi connectivity index (χ1v) is 9.01. The molecular weight excluding hydrogens is 312 g/mol. The summed E-state index contributed by atoms with van der Waals surface area (Å²) in [6.45, 7) is 9.31. The number of nitrogens with zero attached hydrogens (tertiary/aromatic N) is 2. The summed E-state index contributed by atoms with van der Waals surface area (Å²) in [6.07, 6.45) is 4.57. The van der Waals surface area contributed by atoms with Crippen molar-refractivity contribution in [2.75, 3.05) is 6.54 Å². The molecule has 0 fully saturated rings. The lowest BCUT2D eigenvalue weighted by molar-refractivity contribution is 0.1000. The molecular formula is C20H28N4O. The Morgan fingerprint density at radius 1 is 1.40 bits per heavy atom. The Hall–Kier alpha value is -2.14. The summed E-state index contributed by atoms with van der Waals surface area (Å²) in [5.41, 5.74) is 8.23. The van der Waals surface area contributed by atoms with Gasteiger partial charge < -0.3 is 15.6 Å². The van der Waals surface area contributed by atoms with Gasteiger partial charge in [-0.25, -0.2) is 4.98 Å². The van der Waals surface area contributed by atoms with Crippen LogP contribution < -0.4 is 11.1 Å². The van der Waals surface area contributed by atoms with Gasteiger partial charge in [0.15, 0.2) is 0 Å². The van der Waals surface area contributed by atoms with Crippen LogP contribution in [0, 0.1) is 0 Å². The summed E-state index contributed by atoms with van der Waals surface area (Å²) >= 11 is 0. The summed E-state index contributed by atoms with van der Waals surface area (Å²) < 4.78 is 2.32. The summed E-state index contributed by atoms with van der Waals surface area (Å²) in [5.74, 6) is 1.25. The number of imidazole rings is 1. The highest BCUT2D eigenvalue weighted by atomic mass is 16.1. The van der Waals surface area contributed by atoms with E-state index in [0.717, 1.165) is 31.6 Å². The van der Waals surface area contributed by atoms with Crippen LogP contribution in [0.25, 0.3) is 0 Å². The SMILES string of the molecule is CC(C)(C)c1cn2c(n1)[C@H](CNCc1cccc(C(N)=O)c1)CCC2. The number of aromatic nitrogens is 2. The van der Waals surface area contributed by atoms with Crippen LogP contribution >= 0.6 is 0 Å². The van der Waals surface area contributed by atoms with Crippen molar-refractivity contribution >= 4 is 5.91 Å². The molecule has 25 heavy (non-hydrogen) atoms. The first kappa shape index (κ1) is 17.7. The van der Waals surface area contributed by atoms with Gasteiger partial charge in [-0.1, -0.05) is 32.9 Å². The van der Waals surface area contributed by atoms with E-state index in [-0.39, 0.29) is 11.3 Å². The molecule has 0 saturated carbocycles. The number of nitrogens with two attached hydrogens (primary N) is 1. The van der Waals surface area contributed by atoms with E-state index >= 15 is 0 Å². The molecule has 5 heteroatoms. The smallest absolute Gasteiger partial charge is 0.248 e. The van der Waals surface area contributed by atoms with Crippen molar-refractivity contribution in [1.82, 2.24) is 14.9 Å². The van der Waals surface area contributed by atoms with Gasteiger partial charge in [0.1, 0.15) is 5.82 Å². The van der Waals surface area contributed by atoms with Crippen LogP contribution in [0.5, 0.6) is 0 Å². The monoisotopic (exact) mass is 340 g/mol. The van der Waals surface area contributed by atoms with E-state index < -0.39 is 0 Å². The van der Waals surface area contributed by atoms with Crippen molar-refractivity contribution in [2.24, 2.45) is 5.73 Å². The third-order valence-corrected chi connectivity index (χ3v) is 4.82. The van der Waals surface area contributed by atoms with Crippen LogP contribution in [0.1, 0.15) is 67.0 Å². The van der Waals surface area contributed by atoms with Gasteiger partial charge in [0, 0.05) is 42.7 Å². The number of carbonyl (C=O) groups excluding carboxylic acids is 1. The molecule has 1 aromatic heterocycles. The van der Waals surface area contributed by atoms with Crippen molar-refractivity contribution in [3.05, 3.63) is 53.1 Å². The minimum absolute atomic E-state index is 0.0809. The van der Waals surface area contributed by atoms with Gasteiger partial charge in [-0.2, -0.15) is 0 Å². The molecule has 0 aliphatic carbocycles. The Bertz CT molecular complexity index is 757. The maximum absolute atomic E-state index is 11.3. The quantitative estimate of drug-likeness (QED) is 0.879. The number of nitrogens with one attached hydrogen (secondary N) is 1. The van der Waals surface area contributed by atoms with Gasteiger partial charge >= 0.3 is 0 Å². The summed E-state index contributed by atoms with van der Waals surface area (Å²) in [4.78, 5) is 16.2. The molecule has 0 unspecified atom stereocenters. The van der Waals surface area contributed by atoms with Gasteiger partial charge in [-0.15, -0.1) is 0 Å². The topological polar surface area (TPSA) is 72.9 Å². The van der Waals surface area contributed by atoms with Crippen LogP contribution in [0.2, 0.25) is 0 Å². The second kappa shape index (κ2) is 7.00. The van der Waals surface area contributed by atoms with Crippen LogP contribution in [-0.4, -0.2) is 22.0 Å². The Balaban J connectivity index is 1.64. The van der Waals surface area contributed by atoms with Crippen molar-refractivity contribution in [2.45, 2.75) is 58.0 Å². The predicted octanol–water partition coefficient (Wildman–Crippen LogP) is 2.95. The lowest BCUT2D eigenvalue weighted by Crippen LogP contribution is -2.26. The van der Waals surface area contributed by atoms with E-state index in [1.807, 2.05) is 18.2 Å². The normalized spacial score (nSPS) is 17.3. The van der Waals surface area contributed by atoms with Gasteiger partial charge in [-0.3, -0.25) is 4.79 Å². The molecule has 0 spiro atoms. The first-order valence-electron chi connectivity index (χ1n) is 9.01. The number of hydrogen-bond donors (Lipinski definition) is 2. The van der Waals surface area contributed by atoms with Crippen molar-refractivity contribution < 1.29 is 4.79 Å². The molecule has 134 valence electrons. The Kier molecular flexibility index (Phi) is 4.95. The van der Waals surface area contributed by atoms with Crippen LogP contribution in [-0.2, 0) is 18.5 Å². The van der Waals surface area contributed by atoms with E-state index in [2.05, 4.69) is 36.9 Å². The maximum atomic E-state index is 11.3. The third-order valence-electron chi connectivity index (χ3n) is 4.82. The molecule has 2 aromatic rings. The fraction of sp³-hybridized carbons (Fsp3) is 0.500. The summed E-state index contributed by atoms with van der Waals surface area (Å²) in [5, 5.41) is 3.52. The van der Waals surface area contributed by atoms with E-state index in [0.29, 0.717) is 11.5 Å². The number of hydrogen-bond acceptors (Lipinski definition) is 3. The molecule has 0 bridgehead atoms. The highest BCUT2D eigenvalue weighted by molar-refractivity contribution is 5.92. The lowest BCUT2D eigenvalue weighted by atomic mass is 9.93. The Morgan fingerprint density at radius 3 is 2.92 bits per heavy atom. The molecule has 3 N–H and O–H groups in total. The Labute approximate surface area is 149 Å². The lowest BCUT2D eigenvalue weighted by Gasteiger charge is -2.23. The van der Waals surface area contributed by atoms with Gasteiger partial charge in [0.2, 0.25) is 5.91 Å². The average molecular weight is 340 g/mol. The van der Waals surface area contributed by atoms with Gasteiger partial charge in [-0.05, 0) is 30.5 Å². The van der Waals surface area contributed by atoms with Gasteiger partial charge in [0.05, 0.1) is 5.69 Å².